The first-order valence-electron chi connectivity index (χ1n) is 5.95. The predicted molar refractivity (Wildman–Crippen MR) is 68.8 cm³/mol. The molecule has 0 aromatic heterocycles. The number of nitrogens with one attached hydrogen (secondary N) is 1. The van der Waals surface area contributed by atoms with Crippen molar-refractivity contribution in [3.8, 4) is 0 Å². The summed E-state index contributed by atoms with van der Waals surface area (Å²) >= 11 is 6.19. The van der Waals surface area contributed by atoms with E-state index in [4.69, 9.17) is 11.6 Å². The van der Waals surface area contributed by atoms with Crippen LogP contribution in [-0.2, 0) is 6.54 Å². The van der Waals surface area contributed by atoms with Crippen molar-refractivity contribution in [1.29, 1.82) is 0 Å². The first kappa shape index (κ1) is 11.9. The molecule has 1 atom stereocenters. The highest BCUT2D eigenvalue weighted by atomic mass is 35.5. The van der Waals surface area contributed by atoms with Gasteiger partial charge in [-0.2, -0.15) is 0 Å². The van der Waals surface area contributed by atoms with Crippen LogP contribution in [0.2, 0.25) is 5.02 Å². The molecule has 1 unspecified atom stereocenters. The van der Waals surface area contributed by atoms with Crippen LogP contribution in [0.25, 0.3) is 0 Å². The quantitative estimate of drug-likeness (QED) is 0.852. The average molecular weight is 239 g/mol. The van der Waals surface area contributed by atoms with Crippen molar-refractivity contribution >= 4 is 11.6 Å². The Morgan fingerprint density at radius 2 is 2.19 bits per heavy atom. The average Bonchev–Trinajstić information content (AvgIpc) is 2.48. The lowest BCUT2D eigenvalue weighted by atomic mass is 10.1. The van der Waals surface area contributed by atoms with Crippen LogP contribution in [0.3, 0.4) is 0 Å². The van der Waals surface area contributed by atoms with E-state index in [0.717, 1.165) is 31.2 Å². The van der Waals surface area contributed by atoms with Crippen molar-refractivity contribution in [3.63, 3.8) is 0 Å². The molecule has 1 fully saturated rings. The molecule has 1 heterocycles. The summed E-state index contributed by atoms with van der Waals surface area (Å²) in [6, 6.07) is 8.76. The van der Waals surface area contributed by atoms with Gasteiger partial charge in [0, 0.05) is 30.7 Å². The first-order valence-corrected chi connectivity index (χ1v) is 6.33. The topological polar surface area (TPSA) is 15.3 Å². The third-order valence-corrected chi connectivity index (χ3v) is 3.64. The van der Waals surface area contributed by atoms with Crippen molar-refractivity contribution in [2.24, 2.45) is 0 Å². The molecule has 1 saturated heterocycles. The molecule has 3 heteroatoms. The van der Waals surface area contributed by atoms with Gasteiger partial charge in [0.1, 0.15) is 0 Å². The second-order valence-electron chi connectivity index (χ2n) is 4.45. The van der Waals surface area contributed by atoms with Crippen LogP contribution in [0.4, 0.5) is 0 Å². The zero-order valence-electron chi connectivity index (χ0n) is 9.75. The summed E-state index contributed by atoms with van der Waals surface area (Å²) in [5.41, 5.74) is 1.23. The van der Waals surface area contributed by atoms with Crippen LogP contribution in [0.5, 0.6) is 0 Å². The van der Waals surface area contributed by atoms with Gasteiger partial charge in [0.2, 0.25) is 0 Å². The van der Waals surface area contributed by atoms with E-state index in [1.165, 1.54) is 12.0 Å². The number of hydrogen-bond acceptors (Lipinski definition) is 2. The maximum Gasteiger partial charge on any atom is 0.0451 e. The van der Waals surface area contributed by atoms with Crippen molar-refractivity contribution in [1.82, 2.24) is 10.2 Å². The minimum atomic E-state index is 0.631. The number of rotatable bonds is 2. The Bertz CT molecular complexity index is 340. The van der Waals surface area contributed by atoms with Crippen LogP contribution in [0.1, 0.15) is 18.9 Å². The van der Waals surface area contributed by atoms with E-state index in [-0.39, 0.29) is 0 Å². The number of hydrogen-bond donors (Lipinski definition) is 1. The van der Waals surface area contributed by atoms with Crippen molar-refractivity contribution in [2.75, 3.05) is 19.6 Å². The highest BCUT2D eigenvalue weighted by Crippen LogP contribution is 2.19. The van der Waals surface area contributed by atoms with Gasteiger partial charge in [-0.05, 0) is 31.5 Å². The minimum Gasteiger partial charge on any atom is -0.315 e. The molecule has 1 aliphatic heterocycles. The van der Waals surface area contributed by atoms with Gasteiger partial charge in [-0.1, -0.05) is 29.8 Å². The van der Waals surface area contributed by atoms with E-state index in [0.29, 0.717) is 6.04 Å². The van der Waals surface area contributed by atoms with Gasteiger partial charge in [0.25, 0.3) is 0 Å². The Kier molecular flexibility index (Phi) is 4.22. The molecular formula is C13H19ClN2. The summed E-state index contributed by atoms with van der Waals surface area (Å²) in [7, 11) is 0. The molecule has 88 valence electrons. The normalized spacial score (nSPS) is 23.0. The second kappa shape index (κ2) is 5.67. The van der Waals surface area contributed by atoms with Crippen LogP contribution in [-0.4, -0.2) is 30.6 Å². The maximum atomic E-state index is 6.19. The molecule has 0 radical (unpaired) electrons. The molecule has 2 rings (SSSR count). The lowest BCUT2D eigenvalue weighted by molar-refractivity contribution is 0.211. The Labute approximate surface area is 103 Å². The van der Waals surface area contributed by atoms with Gasteiger partial charge >= 0.3 is 0 Å². The summed E-state index contributed by atoms with van der Waals surface area (Å²) in [4.78, 5) is 2.50. The Balaban J connectivity index is 2.05. The van der Waals surface area contributed by atoms with Gasteiger partial charge in [-0.3, -0.25) is 4.90 Å². The Morgan fingerprint density at radius 1 is 1.38 bits per heavy atom. The molecule has 2 nitrogen and oxygen atoms in total. The molecular weight excluding hydrogens is 220 g/mol. The highest BCUT2D eigenvalue weighted by molar-refractivity contribution is 6.31. The number of benzene rings is 1. The first-order chi connectivity index (χ1) is 7.77. The molecule has 0 saturated carbocycles. The standard InChI is InChI=1S/C13H19ClN2/c1-11-6-7-15-8-9-16(11)10-12-4-2-3-5-13(12)14/h2-5,11,15H,6-10H2,1H3. The number of halogens is 1. The van der Waals surface area contributed by atoms with Gasteiger partial charge in [-0.15, -0.1) is 0 Å². The number of nitrogens with zero attached hydrogens (tertiary/aromatic N) is 1. The maximum absolute atomic E-state index is 6.19. The molecule has 16 heavy (non-hydrogen) atoms. The molecule has 1 aliphatic rings. The molecule has 1 N–H and O–H groups in total. The van der Waals surface area contributed by atoms with E-state index in [1.54, 1.807) is 0 Å². The molecule has 0 amide bonds. The summed E-state index contributed by atoms with van der Waals surface area (Å²) in [6.07, 6.45) is 1.21. The van der Waals surface area contributed by atoms with Gasteiger partial charge in [0.05, 0.1) is 0 Å². The Morgan fingerprint density at radius 3 is 3.00 bits per heavy atom. The van der Waals surface area contributed by atoms with E-state index < -0.39 is 0 Å². The van der Waals surface area contributed by atoms with E-state index >= 15 is 0 Å². The minimum absolute atomic E-state index is 0.631. The summed E-state index contributed by atoms with van der Waals surface area (Å²) < 4.78 is 0. The third-order valence-electron chi connectivity index (χ3n) is 3.27. The lowest BCUT2D eigenvalue weighted by Crippen LogP contribution is -2.33. The summed E-state index contributed by atoms with van der Waals surface area (Å²) in [6.45, 7) is 6.56. The highest BCUT2D eigenvalue weighted by Gasteiger charge is 2.17. The fourth-order valence-electron chi connectivity index (χ4n) is 2.14. The van der Waals surface area contributed by atoms with Crippen LogP contribution in [0, 0.1) is 0 Å². The molecule has 1 aromatic rings. The van der Waals surface area contributed by atoms with Crippen LogP contribution in [0.15, 0.2) is 24.3 Å². The zero-order valence-corrected chi connectivity index (χ0v) is 10.5. The molecule has 0 bridgehead atoms. The van der Waals surface area contributed by atoms with Crippen LogP contribution < -0.4 is 5.32 Å². The SMILES string of the molecule is CC1CCNCCN1Cc1ccccc1Cl. The second-order valence-corrected chi connectivity index (χ2v) is 4.86. The van der Waals surface area contributed by atoms with Crippen molar-refractivity contribution in [3.05, 3.63) is 34.9 Å². The largest absolute Gasteiger partial charge is 0.315 e. The monoisotopic (exact) mass is 238 g/mol. The van der Waals surface area contributed by atoms with Gasteiger partial charge < -0.3 is 5.32 Å². The van der Waals surface area contributed by atoms with Crippen LogP contribution >= 0.6 is 11.6 Å². The Hall–Kier alpha value is -0.570. The van der Waals surface area contributed by atoms with E-state index in [2.05, 4.69) is 29.3 Å². The van der Waals surface area contributed by atoms with E-state index in [1.807, 2.05) is 12.1 Å². The third kappa shape index (κ3) is 2.97. The molecule has 0 spiro atoms. The summed E-state index contributed by atoms with van der Waals surface area (Å²) in [5.74, 6) is 0. The lowest BCUT2D eigenvalue weighted by Gasteiger charge is -2.26. The smallest absolute Gasteiger partial charge is 0.0451 e. The summed E-state index contributed by atoms with van der Waals surface area (Å²) in [5, 5.41) is 4.31. The van der Waals surface area contributed by atoms with Crippen molar-refractivity contribution in [2.45, 2.75) is 25.9 Å². The fourth-order valence-corrected chi connectivity index (χ4v) is 2.34. The van der Waals surface area contributed by atoms with Crippen molar-refractivity contribution < 1.29 is 0 Å². The van der Waals surface area contributed by atoms with Gasteiger partial charge in [0.15, 0.2) is 0 Å². The zero-order chi connectivity index (χ0) is 11.4. The predicted octanol–water partition coefficient (Wildman–Crippen LogP) is 2.52. The molecule has 1 aromatic carbocycles. The van der Waals surface area contributed by atoms with Gasteiger partial charge in [-0.25, -0.2) is 0 Å². The van der Waals surface area contributed by atoms with E-state index in [9.17, 15) is 0 Å². The molecule has 0 aliphatic carbocycles. The fraction of sp³-hybridized carbons (Fsp3) is 0.538.